The molecule has 3 rings (SSSR count). The average Bonchev–Trinajstić information content (AvgIpc) is 2.93. The van der Waals surface area contributed by atoms with E-state index in [1.165, 1.54) is 18.2 Å². The summed E-state index contributed by atoms with van der Waals surface area (Å²) in [6, 6.07) is 6.34. The number of ether oxygens (including phenoxy) is 4. The van der Waals surface area contributed by atoms with Gasteiger partial charge in [0.05, 0.1) is 18.1 Å². The van der Waals surface area contributed by atoms with Crippen molar-refractivity contribution in [2.24, 2.45) is 0 Å². The van der Waals surface area contributed by atoms with Gasteiger partial charge in [0, 0.05) is 18.9 Å². The van der Waals surface area contributed by atoms with Gasteiger partial charge >= 0.3 is 11.9 Å². The Balaban J connectivity index is 1.72. The fourth-order valence-corrected chi connectivity index (χ4v) is 4.12. The molecule has 1 aliphatic heterocycles. The van der Waals surface area contributed by atoms with Crippen LogP contribution in [0.4, 0.5) is 0 Å². The van der Waals surface area contributed by atoms with E-state index < -0.39 is 47.2 Å². The number of fused-ring (bicyclic) bond motifs is 1. The first-order valence-electron chi connectivity index (χ1n) is 10.7. The van der Waals surface area contributed by atoms with Gasteiger partial charge in [-0.25, -0.2) is 4.79 Å². The lowest BCUT2D eigenvalue weighted by Gasteiger charge is -2.41. The van der Waals surface area contributed by atoms with Crippen molar-refractivity contribution in [2.45, 2.75) is 89.2 Å². The third-order valence-corrected chi connectivity index (χ3v) is 5.22. The Hall–Kier alpha value is -2.42. The molecule has 1 heterocycles. The van der Waals surface area contributed by atoms with Gasteiger partial charge in [0.15, 0.2) is 5.79 Å². The second-order valence-electron chi connectivity index (χ2n) is 9.93. The van der Waals surface area contributed by atoms with Crippen LogP contribution in [0.25, 0.3) is 6.08 Å². The van der Waals surface area contributed by atoms with E-state index in [2.05, 4.69) is 0 Å². The minimum absolute atomic E-state index is 0.0195. The second-order valence-corrected chi connectivity index (χ2v) is 9.93. The second kappa shape index (κ2) is 8.84. The molecular formula is C24H32O8. The van der Waals surface area contributed by atoms with Gasteiger partial charge in [0.2, 0.25) is 0 Å². The number of rotatable bonds is 5. The highest BCUT2D eigenvalue weighted by atomic mass is 16.8. The summed E-state index contributed by atoms with van der Waals surface area (Å²) in [6.45, 7) is 8.78. The van der Waals surface area contributed by atoms with Crippen LogP contribution in [0.3, 0.4) is 0 Å². The first kappa shape index (κ1) is 24.2. The normalized spacial score (nSPS) is 29.5. The Kier molecular flexibility index (Phi) is 6.70. The molecular weight excluding hydrogens is 416 g/mol. The monoisotopic (exact) mass is 448 g/mol. The summed E-state index contributed by atoms with van der Waals surface area (Å²) in [5.41, 5.74) is -1.42. The number of carbonyl (C=O) groups excluding carboxylic acids is 2. The first-order chi connectivity index (χ1) is 14.7. The summed E-state index contributed by atoms with van der Waals surface area (Å²) in [7, 11) is 0. The van der Waals surface area contributed by atoms with Crippen LogP contribution in [0.2, 0.25) is 0 Å². The molecule has 0 spiro atoms. The summed E-state index contributed by atoms with van der Waals surface area (Å²) in [5.74, 6) is -1.92. The van der Waals surface area contributed by atoms with Gasteiger partial charge in [-0.05, 0) is 58.4 Å². The highest BCUT2D eigenvalue weighted by Crippen LogP contribution is 2.43. The maximum atomic E-state index is 12.5. The van der Waals surface area contributed by atoms with Gasteiger partial charge in [-0.3, -0.25) is 4.79 Å². The van der Waals surface area contributed by atoms with Crippen LogP contribution in [0.1, 0.15) is 59.4 Å². The van der Waals surface area contributed by atoms with Crippen molar-refractivity contribution < 1.29 is 38.7 Å². The van der Waals surface area contributed by atoms with Crippen molar-refractivity contribution in [3.05, 3.63) is 35.9 Å². The van der Waals surface area contributed by atoms with E-state index in [0.29, 0.717) is 5.56 Å². The lowest BCUT2D eigenvalue weighted by atomic mass is 9.77. The summed E-state index contributed by atoms with van der Waals surface area (Å²) in [4.78, 5) is 24.9. The number of hydrogen-bond acceptors (Lipinski definition) is 8. The quantitative estimate of drug-likeness (QED) is 0.522. The summed E-state index contributed by atoms with van der Waals surface area (Å²) in [6.07, 6.45) is 0.868. The zero-order valence-electron chi connectivity index (χ0n) is 19.2. The van der Waals surface area contributed by atoms with E-state index in [-0.39, 0.29) is 25.0 Å². The van der Waals surface area contributed by atoms with Gasteiger partial charge in [-0.15, -0.1) is 0 Å². The molecule has 1 saturated carbocycles. The Morgan fingerprint density at radius 2 is 1.81 bits per heavy atom. The van der Waals surface area contributed by atoms with E-state index in [4.69, 9.17) is 18.9 Å². The largest absolute Gasteiger partial charge is 0.508 e. The fraction of sp³-hybridized carbons (Fsp3) is 0.583. The molecule has 0 aromatic heterocycles. The van der Waals surface area contributed by atoms with Crippen LogP contribution < -0.4 is 0 Å². The molecule has 8 heteroatoms. The molecule has 2 aliphatic rings. The Morgan fingerprint density at radius 1 is 1.16 bits per heavy atom. The van der Waals surface area contributed by atoms with Crippen molar-refractivity contribution in [3.63, 3.8) is 0 Å². The van der Waals surface area contributed by atoms with Crippen molar-refractivity contribution in [1.29, 1.82) is 0 Å². The maximum absolute atomic E-state index is 12.5. The molecule has 2 N–H and O–H groups in total. The summed E-state index contributed by atoms with van der Waals surface area (Å²) in [5, 5.41) is 20.6. The van der Waals surface area contributed by atoms with Gasteiger partial charge in [0.25, 0.3) is 0 Å². The number of aliphatic hydroxyl groups is 1. The van der Waals surface area contributed by atoms with Gasteiger partial charge in [0.1, 0.15) is 23.6 Å². The molecule has 32 heavy (non-hydrogen) atoms. The number of phenolic OH excluding ortho intramolecular Hbond substituents is 1. The van der Waals surface area contributed by atoms with Gasteiger partial charge in [-0.1, -0.05) is 12.1 Å². The molecule has 0 amide bonds. The fourth-order valence-electron chi connectivity index (χ4n) is 4.12. The van der Waals surface area contributed by atoms with Crippen LogP contribution in [0.5, 0.6) is 5.75 Å². The van der Waals surface area contributed by atoms with Crippen molar-refractivity contribution in [3.8, 4) is 5.75 Å². The van der Waals surface area contributed by atoms with Crippen molar-refractivity contribution >= 4 is 18.0 Å². The van der Waals surface area contributed by atoms with Crippen LogP contribution in [-0.4, -0.2) is 57.5 Å². The summed E-state index contributed by atoms with van der Waals surface area (Å²) >= 11 is 0. The zero-order chi connectivity index (χ0) is 23.7. The SMILES string of the molecule is CC(C)(C)OC(=O)C[C@@]1(O)C[C@@H](OC(=O)/C=C/c2ccc(O)cc2)[C@@H]2OC(C)(C)O[C@@H]2C1. The number of benzene rings is 1. The molecule has 1 aliphatic carbocycles. The molecule has 1 aromatic rings. The number of aromatic hydroxyl groups is 1. The number of hydrogen-bond donors (Lipinski definition) is 2. The molecule has 1 aromatic carbocycles. The van der Waals surface area contributed by atoms with Crippen LogP contribution >= 0.6 is 0 Å². The molecule has 2 fully saturated rings. The van der Waals surface area contributed by atoms with Crippen molar-refractivity contribution in [2.75, 3.05) is 0 Å². The smallest absolute Gasteiger partial charge is 0.331 e. The predicted octanol–water partition coefficient (Wildman–Crippen LogP) is 3.09. The molecule has 8 nitrogen and oxygen atoms in total. The molecule has 0 radical (unpaired) electrons. The third kappa shape index (κ3) is 6.54. The van der Waals surface area contributed by atoms with E-state index >= 15 is 0 Å². The van der Waals surface area contributed by atoms with Crippen LogP contribution in [-0.2, 0) is 28.5 Å². The zero-order valence-corrected chi connectivity index (χ0v) is 19.2. The Morgan fingerprint density at radius 3 is 2.44 bits per heavy atom. The minimum Gasteiger partial charge on any atom is -0.508 e. The average molecular weight is 449 g/mol. The predicted molar refractivity (Wildman–Crippen MR) is 115 cm³/mol. The Bertz CT molecular complexity index is 867. The first-order valence-corrected chi connectivity index (χ1v) is 10.7. The number of phenols is 1. The third-order valence-electron chi connectivity index (χ3n) is 5.22. The van der Waals surface area contributed by atoms with Gasteiger partial charge < -0.3 is 29.2 Å². The van der Waals surface area contributed by atoms with Gasteiger partial charge in [-0.2, -0.15) is 0 Å². The lowest BCUT2D eigenvalue weighted by molar-refractivity contribution is -0.178. The molecule has 1 saturated heterocycles. The van der Waals surface area contributed by atoms with Crippen LogP contribution in [0.15, 0.2) is 30.3 Å². The van der Waals surface area contributed by atoms with E-state index in [1.807, 2.05) is 0 Å². The molecule has 0 bridgehead atoms. The topological polar surface area (TPSA) is 112 Å². The van der Waals surface area contributed by atoms with E-state index in [9.17, 15) is 19.8 Å². The maximum Gasteiger partial charge on any atom is 0.331 e. The minimum atomic E-state index is -1.46. The van der Waals surface area contributed by atoms with E-state index in [0.717, 1.165) is 0 Å². The lowest BCUT2D eigenvalue weighted by Crippen LogP contribution is -2.53. The number of carbonyl (C=O) groups is 2. The van der Waals surface area contributed by atoms with Crippen molar-refractivity contribution in [1.82, 2.24) is 0 Å². The van der Waals surface area contributed by atoms with Crippen LogP contribution in [0, 0.1) is 0 Å². The summed E-state index contributed by atoms with van der Waals surface area (Å²) < 4.78 is 22.9. The molecule has 4 atom stereocenters. The molecule has 0 unspecified atom stereocenters. The molecule has 176 valence electrons. The standard InChI is InChI=1S/C24H32O8/c1-22(2,3)31-20(27)14-24(28)12-17(21-18(13-24)30-23(4,5)32-21)29-19(26)11-8-15-6-9-16(25)10-7-15/h6-11,17-18,21,25,28H,12-14H2,1-5H3/b11-8+/t17-,18-,21+,24-/m1/s1. The number of esters is 2. The Labute approximate surface area is 188 Å². The highest BCUT2D eigenvalue weighted by Gasteiger charge is 2.55. The van der Waals surface area contributed by atoms with E-state index in [1.54, 1.807) is 52.8 Å². The highest BCUT2D eigenvalue weighted by molar-refractivity contribution is 5.87.